The molecule has 0 fully saturated rings. The Kier molecular flexibility index (Phi) is 5.05. The largest absolute Gasteiger partial charge is 0.394 e. The summed E-state index contributed by atoms with van der Waals surface area (Å²) < 4.78 is 1.93. The molecule has 0 bridgehead atoms. The summed E-state index contributed by atoms with van der Waals surface area (Å²) in [5.74, 6) is 0.696. The van der Waals surface area contributed by atoms with E-state index in [2.05, 4.69) is 44.4 Å². The molecule has 1 atom stereocenters. The van der Waals surface area contributed by atoms with Crippen LogP contribution in [0.1, 0.15) is 0 Å². The van der Waals surface area contributed by atoms with E-state index in [0.717, 1.165) is 19.6 Å². The Morgan fingerprint density at radius 1 is 1.50 bits per heavy atom. The Morgan fingerprint density at radius 3 is 2.95 bits per heavy atom. The van der Waals surface area contributed by atoms with Gasteiger partial charge in [-0.15, -0.1) is 11.3 Å². The molecule has 2 N–H and O–H groups in total. The van der Waals surface area contributed by atoms with Crippen molar-refractivity contribution in [3.8, 4) is 0 Å². The molecule has 0 unspecified atom stereocenters. The number of anilines is 1. The third-order valence-corrected chi connectivity index (χ3v) is 4.36. The predicted octanol–water partition coefficient (Wildman–Crippen LogP) is 3.53. The smallest absolute Gasteiger partial charge is 0.148 e. The number of aliphatic hydroxyl groups is 1. The van der Waals surface area contributed by atoms with Gasteiger partial charge < -0.3 is 10.4 Å². The lowest BCUT2D eigenvalue weighted by atomic mass is 10.1. The average molecular weight is 352 g/mol. The second-order valence-corrected chi connectivity index (χ2v) is 6.40. The van der Waals surface area contributed by atoms with Crippen molar-refractivity contribution in [3.05, 3.63) is 53.1 Å². The number of aliphatic hydroxyl groups excluding tert-OH is 1. The molecule has 2 rings (SSSR count). The molecule has 6 heteroatoms. The summed E-state index contributed by atoms with van der Waals surface area (Å²) >= 11 is 4.99. The van der Waals surface area contributed by atoms with Crippen molar-refractivity contribution >= 4 is 43.3 Å². The van der Waals surface area contributed by atoms with Crippen molar-refractivity contribution in [2.24, 2.45) is 0 Å². The molecule has 4 nitrogen and oxygen atoms in total. The number of nitrogens with zero attached hydrogens (tertiary/aromatic N) is 2. The molecule has 2 aromatic rings. The highest BCUT2D eigenvalue weighted by atomic mass is 79.9. The van der Waals surface area contributed by atoms with Crippen LogP contribution >= 0.6 is 27.3 Å². The lowest BCUT2D eigenvalue weighted by Crippen LogP contribution is -2.26. The van der Waals surface area contributed by atoms with Crippen LogP contribution in [-0.4, -0.2) is 27.7 Å². The molecule has 104 valence electrons. The standard InChI is InChI=1S/C14H14BrN3OS/c1-3-5-9(4-2)11(7-19)18-14-13-10(16-8-17-14)6-12(15)20-13/h3-6,8,11,19H,1-2,7H2,(H,16,17,18)/b9-5+/t11-/m1/s1. The fourth-order valence-electron chi connectivity index (χ4n) is 1.79. The van der Waals surface area contributed by atoms with Crippen molar-refractivity contribution in [3.63, 3.8) is 0 Å². The normalized spacial score (nSPS) is 13.2. The molecule has 0 aliphatic heterocycles. The number of halogens is 1. The maximum absolute atomic E-state index is 9.56. The quantitative estimate of drug-likeness (QED) is 0.781. The Labute approximate surface area is 129 Å². The summed E-state index contributed by atoms with van der Waals surface area (Å²) in [7, 11) is 0. The molecule has 0 saturated heterocycles. The number of aromatic nitrogens is 2. The highest BCUT2D eigenvalue weighted by Gasteiger charge is 2.14. The molecule has 20 heavy (non-hydrogen) atoms. The number of hydrogen-bond donors (Lipinski definition) is 2. The van der Waals surface area contributed by atoms with Gasteiger partial charge in [0.1, 0.15) is 12.1 Å². The molecular weight excluding hydrogens is 338 g/mol. The van der Waals surface area contributed by atoms with Crippen molar-refractivity contribution in [1.82, 2.24) is 9.97 Å². The molecule has 0 aromatic carbocycles. The molecule has 0 amide bonds. The first-order chi connectivity index (χ1) is 9.69. The number of fused-ring (bicyclic) bond motifs is 1. The Hall–Kier alpha value is -1.50. The number of nitrogens with one attached hydrogen (secondary N) is 1. The lowest BCUT2D eigenvalue weighted by Gasteiger charge is -2.18. The highest BCUT2D eigenvalue weighted by molar-refractivity contribution is 9.11. The SMILES string of the molecule is C=C/C=C(\C=C)[C@@H](CO)Nc1ncnc2cc(Br)sc12. The zero-order valence-corrected chi connectivity index (χ0v) is 13.1. The van der Waals surface area contributed by atoms with Gasteiger partial charge in [0, 0.05) is 0 Å². The molecular formula is C14H14BrN3OS. The van der Waals surface area contributed by atoms with Gasteiger partial charge in [0.15, 0.2) is 0 Å². The Bertz CT molecular complexity index is 665. The van der Waals surface area contributed by atoms with Gasteiger partial charge in [-0.2, -0.15) is 0 Å². The predicted molar refractivity (Wildman–Crippen MR) is 88.1 cm³/mol. The summed E-state index contributed by atoms with van der Waals surface area (Å²) in [5.41, 5.74) is 1.72. The van der Waals surface area contributed by atoms with Crippen molar-refractivity contribution < 1.29 is 5.11 Å². The minimum Gasteiger partial charge on any atom is -0.394 e. The molecule has 0 saturated carbocycles. The first kappa shape index (κ1) is 14.9. The van der Waals surface area contributed by atoms with E-state index in [0.29, 0.717) is 5.82 Å². The van der Waals surface area contributed by atoms with E-state index in [1.54, 1.807) is 23.5 Å². The maximum Gasteiger partial charge on any atom is 0.148 e. The van der Waals surface area contributed by atoms with E-state index in [-0.39, 0.29) is 12.6 Å². The Balaban J connectivity index is 2.36. The summed E-state index contributed by atoms with van der Waals surface area (Å²) in [5, 5.41) is 12.8. The molecule has 0 radical (unpaired) electrons. The van der Waals surface area contributed by atoms with E-state index >= 15 is 0 Å². The minimum absolute atomic E-state index is 0.0657. The van der Waals surface area contributed by atoms with Crippen LogP contribution in [0.25, 0.3) is 10.2 Å². The topological polar surface area (TPSA) is 58.0 Å². The third-order valence-electron chi connectivity index (χ3n) is 2.72. The maximum atomic E-state index is 9.56. The molecule has 2 heterocycles. The second-order valence-electron chi connectivity index (χ2n) is 3.97. The summed E-state index contributed by atoms with van der Waals surface area (Å²) in [6.45, 7) is 7.35. The average Bonchev–Trinajstić information content (AvgIpc) is 2.83. The summed E-state index contributed by atoms with van der Waals surface area (Å²) in [6, 6.07) is 1.65. The van der Waals surface area contributed by atoms with E-state index in [4.69, 9.17) is 0 Å². The monoisotopic (exact) mass is 351 g/mol. The zero-order valence-electron chi connectivity index (χ0n) is 10.7. The number of allylic oxidation sites excluding steroid dienone is 2. The first-order valence-corrected chi connectivity index (χ1v) is 7.53. The van der Waals surface area contributed by atoms with E-state index < -0.39 is 0 Å². The fraction of sp³-hybridized carbons (Fsp3) is 0.143. The van der Waals surface area contributed by atoms with Crippen LogP contribution in [0, 0.1) is 0 Å². The second kappa shape index (κ2) is 6.78. The van der Waals surface area contributed by atoms with Crippen molar-refractivity contribution in [2.75, 3.05) is 11.9 Å². The summed E-state index contributed by atoms with van der Waals surface area (Å²) in [6.07, 6.45) is 6.67. The van der Waals surface area contributed by atoms with E-state index in [9.17, 15) is 5.11 Å². The van der Waals surface area contributed by atoms with Gasteiger partial charge in [0.2, 0.25) is 0 Å². The van der Waals surface area contributed by atoms with Gasteiger partial charge in [-0.25, -0.2) is 9.97 Å². The van der Waals surface area contributed by atoms with Gasteiger partial charge in [0.25, 0.3) is 0 Å². The third kappa shape index (κ3) is 3.15. The van der Waals surface area contributed by atoms with Crippen LogP contribution in [0.2, 0.25) is 0 Å². The van der Waals surface area contributed by atoms with Gasteiger partial charge in [-0.05, 0) is 27.6 Å². The number of hydrogen-bond acceptors (Lipinski definition) is 5. The molecule has 0 spiro atoms. The van der Waals surface area contributed by atoms with Crippen molar-refractivity contribution in [2.45, 2.75) is 6.04 Å². The first-order valence-electron chi connectivity index (χ1n) is 5.92. The van der Waals surface area contributed by atoms with Crippen LogP contribution in [0.4, 0.5) is 5.82 Å². The van der Waals surface area contributed by atoms with Crippen LogP contribution < -0.4 is 5.32 Å². The lowest BCUT2D eigenvalue weighted by molar-refractivity contribution is 0.288. The van der Waals surface area contributed by atoms with Gasteiger partial charge in [-0.1, -0.05) is 31.4 Å². The molecule has 0 aliphatic rings. The fourth-order valence-corrected chi connectivity index (χ4v) is 3.28. The van der Waals surface area contributed by atoms with E-state index in [1.807, 2.05) is 12.1 Å². The molecule has 2 aromatic heterocycles. The van der Waals surface area contributed by atoms with Crippen molar-refractivity contribution in [1.29, 1.82) is 0 Å². The molecule has 0 aliphatic carbocycles. The van der Waals surface area contributed by atoms with Crippen LogP contribution in [0.3, 0.4) is 0 Å². The van der Waals surface area contributed by atoms with Crippen LogP contribution in [0.5, 0.6) is 0 Å². The zero-order chi connectivity index (χ0) is 14.5. The van der Waals surface area contributed by atoms with Crippen LogP contribution in [-0.2, 0) is 0 Å². The van der Waals surface area contributed by atoms with Gasteiger partial charge >= 0.3 is 0 Å². The Morgan fingerprint density at radius 2 is 2.30 bits per heavy atom. The number of rotatable bonds is 6. The number of thiophene rings is 1. The van der Waals surface area contributed by atoms with Gasteiger partial charge in [0.05, 0.1) is 26.7 Å². The van der Waals surface area contributed by atoms with Gasteiger partial charge in [-0.3, -0.25) is 0 Å². The van der Waals surface area contributed by atoms with Crippen LogP contribution in [0.15, 0.2) is 53.1 Å². The van der Waals surface area contributed by atoms with E-state index in [1.165, 1.54) is 6.33 Å². The summed E-state index contributed by atoms with van der Waals surface area (Å²) in [4.78, 5) is 8.47. The highest BCUT2D eigenvalue weighted by Crippen LogP contribution is 2.32. The minimum atomic E-state index is -0.288.